The Morgan fingerprint density at radius 3 is 2.31 bits per heavy atom. The number of unbranched alkanes of at least 4 members (excludes halogenated alkanes) is 1. The predicted octanol–water partition coefficient (Wildman–Crippen LogP) is 3.63. The Kier molecular flexibility index (Phi) is 9.25. The summed E-state index contributed by atoms with van der Waals surface area (Å²) in [6, 6.07) is 11.2. The van der Waals surface area contributed by atoms with Gasteiger partial charge in [-0.1, -0.05) is 41.4 Å². The third kappa shape index (κ3) is 6.92. The highest BCUT2D eigenvalue weighted by atomic mass is 35.5. The molecule has 3 N–H and O–H groups in total. The molecule has 1 atom stereocenters. The van der Waals surface area contributed by atoms with Crippen molar-refractivity contribution in [2.45, 2.75) is 25.3 Å². The van der Waals surface area contributed by atoms with E-state index in [1.807, 2.05) is 24.3 Å². The van der Waals surface area contributed by atoms with Crippen LogP contribution >= 0.6 is 23.2 Å². The van der Waals surface area contributed by atoms with E-state index in [4.69, 9.17) is 38.4 Å². The smallest absolute Gasteiger partial charge is 0.328 e. The number of methoxy groups -OCH3 is 1. The third-order valence-corrected chi connectivity index (χ3v) is 4.84. The lowest BCUT2D eigenvalue weighted by Gasteiger charge is -2.18. The second-order valence-electron chi connectivity index (χ2n) is 6.34. The summed E-state index contributed by atoms with van der Waals surface area (Å²) in [5.41, 5.74) is 6.41. The Hall–Kier alpha value is -2.28. The molecule has 2 aromatic carbocycles. The lowest BCUT2D eigenvalue weighted by molar-refractivity contribution is -0.142. The van der Waals surface area contributed by atoms with Crippen LogP contribution in [-0.2, 0) is 16.0 Å². The highest BCUT2D eigenvalue weighted by molar-refractivity contribution is 6.39. The lowest BCUT2D eigenvalue weighted by atomic mass is 10.0. The molecule has 0 saturated carbocycles. The van der Waals surface area contributed by atoms with Gasteiger partial charge in [-0.15, -0.1) is 0 Å². The van der Waals surface area contributed by atoms with Crippen molar-refractivity contribution in [2.75, 3.05) is 20.3 Å². The van der Waals surface area contributed by atoms with Crippen LogP contribution in [0.15, 0.2) is 42.5 Å². The number of nitrogens with two attached hydrogens (primary N) is 1. The Labute approximate surface area is 180 Å². The fraction of sp³-hybridized carbons (Fsp3) is 0.333. The van der Waals surface area contributed by atoms with E-state index < -0.39 is 17.9 Å². The van der Waals surface area contributed by atoms with Crippen LogP contribution in [-0.4, -0.2) is 38.2 Å². The van der Waals surface area contributed by atoms with Crippen molar-refractivity contribution in [3.05, 3.63) is 63.6 Å². The van der Waals surface area contributed by atoms with Crippen molar-refractivity contribution in [3.8, 4) is 5.75 Å². The van der Waals surface area contributed by atoms with Crippen LogP contribution in [0.3, 0.4) is 0 Å². The normalized spacial score (nSPS) is 11.6. The van der Waals surface area contributed by atoms with Crippen LogP contribution in [0.1, 0.15) is 28.8 Å². The summed E-state index contributed by atoms with van der Waals surface area (Å²) in [4.78, 5) is 24.8. The van der Waals surface area contributed by atoms with Crippen molar-refractivity contribution in [1.29, 1.82) is 0 Å². The second kappa shape index (κ2) is 11.7. The minimum absolute atomic E-state index is 0.117. The van der Waals surface area contributed by atoms with Gasteiger partial charge >= 0.3 is 5.97 Å². The maximum atomic E-state index is 12.6. The molecule has 0 radical (unpaired) electrons. The molecule has 0 aromatic heterocycles. The molecule has 2 aromatic rings. The lowest BCUT2D eigenvalue weighted by Crippen LogP contribution is -2.43. The van der Waals surface area contributed by atoms with Crippen molar-refractivity contribution >= 4 is 35.1 Å². The molecular weight excluding hydrogens is 415 g/mol. The zero-order valence-corrected chi connectivity index (χ0v) is 17.6. The number of carbonyl (C=O) groups excluding carboxylic acids is 2. The molecule has 0 aliphatic heterocycles. The van der Waals surface area contributed by atoms with E-state index in [1.165, 1.54) is 7.11 Å². The van der Waals surface area contributed by atoms with Gasteiger partial charge in [-0.2, -0.15) is 0 Å². The SMILES string of the molecule is COC(=O)[C@H](Cc1ccc(OCCCCN)cc1)NC(=O)c1c(Cl)cccc1Cl. The molecule has 0 aliphatic carbocycles. The summed E-state index contributed by atoms with van der Waals surface area (Å²) < 4.78 is 10.5. The quantitative estimate of drug-likeness (QED) is 0.436. The van der Waals surface area contributed by atoms with Crippen LogP contribution in [0.5, 0.6) is 5.75 Å². The van der Waals surface area contributed by atoms with E-state index >= 15 is 0 Å². The first-order valence-electron chi connectivity index (χ1n) is 9.20. The summed E-state index contributed by atoms with van der Waals surface area (Å²) in [6.45, 7) is 1.23. The number of benzene rings is 2. The number of esters is 1. The summed E-state index contributed by atoms with van der Waals surface area (Å²) in [6.07, 6.45) is 2.04. The highest BCUT2D eigenvalue weighted by Gasteiger charge is 2.24. The van der Waals surface area contributed by atoms with Crippen molar-refractivity contribution in [1.82, 2.24) is 5.32 Å². The number of ether oxygens (including phenoxy) is 2. The number of rotatable bonds is 10. The number of hydrogen-bond acceptors (Lipinski definition) is 5. The fourth-order valence-electron chi connectivity index (χ4n) is 2.67. The molecule has 0 bridgehead atoms. The van der Waals surface area contributed by atoms with Gasteiger partial charge in [0.1, 0.15) is 11.8 Å². The number of halogens is 2. The molecule has 1 amide bonds. The van der Waals surface area contributed by atoms with E-state index in [2.05, 4.69) is 5.32 Å². The van der Waals surface area contributed by atoms with E-state index in [0.717, 1.165) is 24.2 Å². The molecule has 8 heteroatoms. The zero-order valence-electron chi connectivity index (χ0n) is 16.1. The minimum Gasteiger partial charge on any atom is -0.494 e. The topological polar surface area (TPSA) is 90.7 Å². The van der Waals surface area contributed by atoms with Gasteiger partial charge in [0.25, 0.3) is 5.91 Å². The van der Waals surface area contributed by atoms with E-state index in [-0.39, 0.29) is 22.0 Å². The molecule has 0 spiro atoms. The maximum Gasteiger partial charge on any atom is 0.328 e. The molecular formula is C21H24Cl2N2O4. The van der Waals surface area contributed by atoms with E-state index in [0.29, 0.717) is 13.2 Å². The van der Waals surface area contributed by atoms with Gasteiger partial charge in [0.2, 0.25) is 0 Å². The standard InChI is InChI=1S/C21H24Cl2N2O4/c1-28-21(27)18(25-20(26)19-16(22)5-4-6-17(19)23)13-14-7-9-15(10-8-14)29-12-3-2-11-24/h4-10,18H,2-3,11-13,24H2,1H3,(H,25,26)/t18-/m0/s1. The van der Waals surface area contributed by atoms with Gasteiger partial charge < -0.3 is 20.5 Å². The summed E-state index contributed by atoms with van der Waals surface area (Å²) in [7, 11) is 1.27. The van der Waals surface area contributed by atoms with Gasteiger partial charge in [0.15, 0.2) is 0 Å². The van der Waals surface area contributed by atoms with Crippen LogP contribution in [0.4, 0.5) is 0 Å². The van der Waals surface area contributed by atoms with Crippen LogP contribution < -0.4 is 15.8 Å². The number of amides is 1. The molecule has 2 rings (SSSR count). The molecule has 0 aliphatic rings. The average Bonchev–Trinajstić information content (AvgIpc) is 2.71. The second-order valence-corrected chi connectivity index (χ2v) is 7.15. The highest BCUT2D eigenvalue weighted by Crippen LogP contribution is 2.24. The summed E-state index contributed by atoms with van der Waals surface area (Å²) in [5, 5.41) is 3.06. The Bertz CT molecular complexity index is 808. The Morgan fingerprint density at radius 2 is 1.72 bits per heavy atom. The molecule has 6 nitrogen and oxygen atoms in total. The van der Waals surface area contributed by atoms with E-state index in [1.54, 1.807) is 18.2 Å². The molecule has 0 unspecified atom stereocenters. The van der Waals surface area contributed by atoms with Crippen LogP contribution in [0, 0.1) is 0 Å². The first kappa shape index (κ1) is 23.0. The molecule has 0 saturated heterocycles. The summed E-state index contributed by atoms with van der Waals surface area (Å²) >= 11 is 12.2. The van der Waals surface area contributed by atoms with Gasteiger partial charge in [0.05, 0.1) is 29.3 Å². The number of carbonyl (C=O) groups is 2. The maximum absolute atomic E-state index is 12.6. The van der Waals surface area contributed by atoms with Gasteiger partial charge in [-0.05, 0) is 49.2 Å². The Morgan fingerprint density at radius 1 is 1.07 bits per heavy atom. The average molecular weight is 439 g/mol. The third-order valence-electron chi connectivity index (χ3n) is 4.21. The molecule has 29 heavy (non-hydrogen) atoms. The monoisotopic (exact) mass is 438 g/mol. The van der Waals surface area contributed by atoms with Crippen LogP contribution in [0.2, 0.25) is 10.0 Å². The fourth-order valence-corrected chi connectivity index (χ4v) is 3.24. The zero-order chi connectivity index (χ0) is 21.2. The first-order chi connectivity index (χ1) is 14.0. The Balaban J connectivity index is 2.05. The van der Waals surface area contributed by atoms with Crippen molar-refractivity contribution < 1.29 is 19.1 Å². The van der Waals surface area contributed by atoms with Gasteiger partial charge in [0, 0.05) is 6.42 Å². The predicted molar refractivity (Wildman–Crippen MR) is 114 cm³/mol. The van der Waals surface area contributed by atoms with Crippen molar-refractivity contribution in [3.63, 3.8) is 0 Å². The van der Waals surface area contributed by atoms with Crippen LogP contribution in [0.25, 0.3) is 0 Å². The van der Waals surface area contributed by atoms with Gasteiger partial charge in [-0.3, -0.25) is 4.79 Å². The molecule has 156 valence electrons. The minimum atomic E-state index is -0.892. The van der Waals surface area contributed by atoms with Crippen molar-refractivity contribution in [2.24, 2.45) is 5.73 Å². The van der Waals surface area contributed by atoms with E-state index in [9.17, 15) is 9.59 Å². The largest absolute Gasteiger partial charge is 0.494 e. The molecule has 0 fully saturated rings. The summed E-state index contributed by atoms with van der Waals surface area (Å²) in [5.74, 6) is -0.383. The first-order valence-corrected chi connectivity index (χ1v) is 9.96. The number of hydrogen-bond donors (Lipinski definition) is 2. The van der Waals surface area contributed by atoms with Gasteiger partial charge in [-0.25, -0.2) is 4.79 Å². The number of nitrogens with one attached hydrogen (secondary N) is 1. The molecule has 0 heterocycles.